The molecule has 0 saturated heterocycles. The Kier molecular flexibility index (Phi) is 6.17. The number of hydrogen-bond acceptors (Lipinski definition) is 4. The van der Waals surface area contributed by atoms with Crippen molar-refractivity contribution < 1.29 is 24.2 Å². The number of benzene rings is 2. The summed E-state index contributed by atoms with van der Waals surface area (Å²) in [6.07, 6.45) is 1.84. The number of ether oxygens (including phenoxy) is 1. The van der Waals surface area contributed by atoms with E-state index < -0.39 is 30.1 Å². The van der Waals surface area contributed by atoms with Gasteiger partial charge >= 0.3 is 12.1 Å². The number of likely N-dealkylation sites (N-methyl/N-ethyl adjacent to an activating group) is 1. The summed E-state index contributed by atoms with van der Waals surface area (Å²) >= 11 is 0. The highest BCUT2D eigenvalue weighted by atomic mass is 16.5. The van der Waals surface area contributed by atoms with Gasteiger partial charge in [-0.2, -0.15) is 0 Å². The fourth-order valence-electron chi connectivity index (χ4n) is 4.29. The zero-order valence-corrected chi connectivity index (χ0v) is 18.3. The highest BCUT2D eigenvalue weighted by Gasteiger charge is 2.35. The van der Waals surface area contributed by atoms with Gasteiger partial charge in [0, 0.05) is 13.0 Å². The summed E-state index contributed by atoms with van der Waals surface area (Å²) in [5, 5.41) is 11.9. The zero-order chi connectivity index (χ0) is 22.8. The number of carbonyl (C=O) groups is 3. The Bertz CT molecular complexity index is 987. The van der Waals surface area contributed by atoms with Crippen LogP contribution < -0.4 is 5.32 Å². The average molecular weight is 437 g/mol. The second-order valence-electron chi connectivity index (χ2n) is 8.66. The molecule has 2 amide bonds. The average Bonchev–Trinajstić information content (AvgIpc) is 3.56. The second kappa shape index (κ2) is 9.02. The molecule has 0 aliphatic heterocycles. The number of aliphatic carboxylic acids is 1. The standard InChI is InChI=1S/C25H28N2O5/c1-15(24(29)30)27(2)23(28)22(13-16-11-12-16)26-25(31)32-14-21-19-9-5-3-7-17(19)18-8-4-6-10-20(18)21/h3-10,15-16,21-22H,11-14H2,1-2H3,(H,26,31)(H,29,30)/t15-,22?/m0/s1. The molecular formula is C25H28N2O5. The second-order valence-corrected chi connectivity index (χ2v) is 8.66. The summed E-state index contributed by atoms with van der Waals surface area (Å²) in [6, 6.07) is 14.4. The van der Waals surface area contributed by atoms with Gasteiger partial charge in [0.05, 0.1) is 0 Å². The molecular weight excluding hydrogens is 408 g/mol. The first-order valence-electron chi connectivity index (χ1n) is 11.0. The Balaban J connectivity index is 1.43. The highest BCUT2D eigenvalue weighted by Crippen LogP contribution is 2.44. The molecule has 4 rings (SSSR count). The maximum atomic E-state index is 12.9. The van der Waals surface area contributed by atoms with Crippen molar-refractivity contribution in [2.45, 2.75) is 44.2 Å². The maximum absolute atomic E-state index is 12.9. The van der Waals surface area contributed by atoms with Crippen molar-refractivity contribution in [2.75, 3.05) is 13.7 Å². The first-order valence-corrected chi connectivity index (χ1v) is 11.0. The lowest BCUT2D eigenvalue weighted by Crippen LogP contribution is -2.51. The summed E-state index contributed by atoms with van der Waals surface area (Å²) in [5.41, 5.74) is 4.51. The summed E-state index contributed by atoms with van der Waals surface area (Å²) in [7, 11) is 1.44. The van der Waals surface area contributed by atoms with E-state index in [-0.39, 0.29) is 12.5 Å². The third kappa shape index (κ3) is 4.47. The molecule has 0 aromatic heterocycles. The van der Waals surface area contributed by atoms with Crippen molar-refractivity contribution in [3.05, 3.63) is 59.7 Å². The zero-order valence-electron chi connectivity index (χ0n) is 18.3. The molecule has 168 valence electrons. The monoisotopic (exact) mass is 436 g/mol. The summed E-state index contributed by atoms with van der Waals surface area (Å²) in [6.45, 7) is 1.60. The molecule has 7 heteroatoms. The van der Waals surface area contributed by atoms with Crippen LogP contribution in [0, 0.1) is 5.92 Å². The van der Waals surface area contributed by atoms with Crippen molar-refractivity contribution in [3.8, 4) is 11.1 Å². The van der Waals surface area contributed by atoms with Crippen LogP contribution in [0.2, 0.25) is 0 Å². The van der Waals surface area contributed by atoms with Crippen molar-refractivity contribution >= 4 is 18.0 Å². The van der Waals surface area contributed by atoms with Crippen LogP contribution >= 0.6 is 0 Å². The van der Waals surface area contributed by atoms with Crippen LogP contribution in [0.5, 0.6) is 0 Å². The Morgan fingerprint density at radius 2 is 1.62 bits per heavy atom. The predicted molar refractivity (Wildman–Crippen MR) is 119 cm³/mol. The third-order valence-electron chi connectivity index (χ3n) is 6.49. The number of alkyl carbamates (subject to hydrolysis) is 1. The van der Waals surface area contributed by atoms with Crippen LogP contribution in [0.3, 0.4) is 0 Å². The number of hydrogen-bond donors (Lipinski definition) is 2. The quantitative estimate of drug-likeness (QED) is 0.659. The van der Waals surface area contributed by atoms with E-state index >= 15 is 0 Å². The van der Waals surface area contributed by atoms with Gasteiger partial charge in [-0.15, -0.1) is 0 Å². The van der Waals surface area contributed by atoms with E-state index in [1.54, 1.807) is 0 Å². The number of carbonyl (C=O) groups excluding carboxylic acids is 2. The lowest BCUT2D eigenvalue weighted by molar-refractivity contribution is -0.149. The van der Waals surface area contributed by atoms with Gasteiger partial charge in [-0.25, -0.2) is 9.59 Å². The number of nitrogens with zero attached hydrogens (tertiary/aromatic N) is 1. The van der Waals surface area contributed by atoms with Crippen LogP contribution in [0.15, 0.2) is 48.5 Å². The Morgan fingerprint density at radius 3 is 2.16 bits per heavy atom. The number of carboxylic acid groups (broad SMARTS) is 1. The molecule has 0 radical (unpaired) electrons. The van der Waals surface area contributed by atoms with Crippen molar-refractivity contribution in [1.29, 1.82) is 0 Å². The Morgan fingerprint density at radius 1 is 1.06 bits per heavy atom. The molecule has 2 atom stereocenters. The first-order chi connectivity index (χ1) is 15.4. The van der Waals surface area contributed by atoms with Gasteiger partial charge in [-0.3, -0.25) is 4.79 Å². The molecule has 0 heterocycles. The Labute approximate surface area is 187 Å². The van der Waals surface area contributed by atoms with Gasteiger partial charge in [0.2, 0.25) is 5.91 Å². The summed E-state index contributed by atoms with van der Waals surface area (Å²) in [5.74, 6) is -1.21. The molecule has 32 heavy (non-hydrogen) atoms. The van der Waals surface area contributed by atoms with Gasteiger partial charge < -0.3 is 20.1 Å². The van der Waals surface area contributed by atoms with E-state index in [0.717, 1.165) is 35.1 Å². The van der Waals surface area contributed by atoms with Crippen LogP contribution in [0.25, 0.3) is 11.1 Å². The number of nitrogens with one attached hydrogen (secondary N) is 1. The fourth-order valence-corrected chi connectivity index (χ4v) is 4.29. The molecule has 2 aromatic carbocycles. The SMILES string of the molecule is C[C@@H](C(=O)O)N(C)C(=O)C(CC1CC1)NC(=O)OCC1c2ccccc2-c2ccccc21. The fraction of sp³-hybridized carbons (Fsp3) is 0.400. The minimum absolute atomic E-state index is 0.0690. The molecule has 1 unspecified atom stereocenters. The number of fused-ring (bicyclic) bond motifs is 3. The van der Waals surface area contributed by atoms with Crippen LogP contribution in [-0.2, 0) is 14.3 Å². The van der Waals surface area contributed by atoms with E-state index in [1.807, 2.05) is 36.4 Å². The predicted octanol–water partition coefficient (Wildman–Crippen LogP) is 3.63. The smallest absolute Gasteiger partial charge is 0.407 e. The van der Waals surface area contributed by atoms with E-state index in [4.69, 9.17) is 4.74 Å². The lowest BCUT2D eigenvalue weighted by Gasteiger charge is -2.27. The van der Waals surface area contributed by atoms with E-state index in [2.05, 4.69) is 17.4 Å². The van der Waals surface area contributed by atoms with Gasteiger partial charge in [-0.05, 0) is 41.5 Å². The maximum Gasteiger partial charge on any atom is 0.407 e. The highest BCUT2D eigenvalue weighted by molar-refractivity contribution is 5.89. The molecule has 7 nitrogen and oxygen atoms in total. The van der Waals surface area contributed by atoms with Crippen molar-refractivity contribution in [3.63, 3.8) is 0 Å². The summed E-state index contributed by atoms with van der Waals surface area (Å²) in [4.78, 5) is 37.9. The molecule has 2 N–H and O–H groups in total. The van der Waals surface area contributed by atoms with Crippen LogP contribution in [0.1, 0.15) is 43.2 Å². The lowest BCUT2D eigenvalue weighted by atomic mass is 9.98. The molecule has 2 aliphatic carbocycles. The molecule has 1 fully saturated rings. The normalized spacial score (nSPS) is 16.4. The van der Waals surface area contributed by atoms with Crippen LogP contribution in [-0.4, -0.2) is 53.7 Å². The molecule has 2 aliphatic rings. The van der Waals surface area contributed by atoms with Crippen LogP contribution in [0.4, 0.5) is 4.79 Å². The van der Waals surface area contributed by atoms with Crippen molar-refractivity contribution in [1.82, 2.24) is 10.2 Å². The number of amides is 2. The number of carboxylic acids is 1. The third-order valence-corrected chi connectivity index (χ3v) is 6.49. The van der Waals surface area contributed by atoms with Gasteiger partial charge in [0.25, 0.3) is 0 Å². The van der Waals surface area contributed by atoms with Crippen molar-refractivity contribution in [2.24, 2.45) is 5.92 Å². The first kappa shape index (κ1) is 21.9. The van der Waals surface area contributed by atoms with Gasteiger partial charge in [0.15, 0.2) is 0 Å². The molecule has 0 spiro atoms. The molecule has 1 saturated carbocycles. The molecule has 2 aromatic rings. The van der Waals surface area contributed by atoms with E-state index in [0.29, 0.717) is 12.3 Å². The van der Waals surface area contributed by atoms with E-state index in [1.165, 1.54) is 18.9 Å². The largest absolute Gasteiger partial charge is 0.480 e. The summed E-state index contributed by atoms with van der Waals surface area (Å²) < 4.78 is 5.57. The topological polar surface area (TPSA) is 95.9 Å². The Hall–Kier alpha value is -3.35. The van der Waals surface area contributed by atoms with E-state index in [9.17, 15) is 19.5 Å². The minimum atomic E-state index is -1.09. The van der Waals surface area contributed by atoms with Gasteiger partial charge in [0.1, 0.15) is 18.7 Å². The van der Waals surface area contributed by atoms with Gasteiger partial charge in [-0.1, -0.05) is 61.4 Å². The molecule has 0 bridgehead atoms. The minimum Gasteiger partial charge on any atom is -0.480 e. The number of rotatable bonds is 8.